The molecular formula is C18H28N2O. The van der Waals surface area contributed by atoms with Gasteiger partial charge in [0, 0.05) is 32.6 Å². The Hall–Kier alpha value is -1.35. The van der Waals surface area contributed by atoms with Crippen LogP contribution in [0.15, 0.2) is 24.3 Å². The van der Waals surface area contributed by atoms with Crippen molar-refractivity contribution >= 4 is 5.91 Å². The van der Waals surface area contributed by atoms with Crippen LogP contribution in [0, 0.1) is 5.92 Å². The summed E-state index contributed by atoms with van der Waals surface area (Å²) in [6.07, 6.45) is 3.27. The fraction of sp³-hybridized carbons (Fsp3) is 0.611. The normalized spacial score (nSPS) is 16.5. The molecule has 1 saturated heterocycles. The second kappa shape index (κ2) is 7.60. The van der Waals surface area contributed by atoms with Crippen molar-refractivity contribution in [3.8, 4) is 0 Å². The van der Waals surface area contributed by atoms with Crippen molar-refractivity contribution in [1.82, 2.24) is 10.2 Å². The summed E-state index contributed by atoms with van der Waals surface area (Å²) in [4.78, 5) is 13.2. The predicted octanol–water partition coefficient (Wildman–Crippen LogP) is 2.99. The van der Waals surface area contributed by atoms with Gasteiger partial charge in [0.15, 0.2) is 0 Å². The molecule has 0 radical (unpaired) electrons. The SMILES string of the molecule is CC(=O)N1CCC(NCc2ccc(CC(C)C)cc2)CC1. The number of amides is 1. The summed E-state index contributed by atoms with van der Waals surface area (Å²) in [5, 5.41) is 3.62. The highest BCUT2D eigenvalue weighted by molar-refractivity contribution is 5.73. The molecule has 1 aromatic carbocycles. The minimum absolute atomic E-state index is 0.203. The first-order valence-electron chi connectivity index (χ1n) is 8.11. The number of rotatable bonds is 5. The van der Waals surface area contributed by atoms with Crippen molar-refractivity contribution in [2.75, 3.05) is 13.1 Å². The van der Waals surface area contributed by atoms with Crippen molar-refractivity contribution < 1.29 is 4.79 Å². The summed E-state index contributed by atoms with van der Waals surface area (Å²) >= 11 is 0. The lowest BCUT2D eigenvalue weighted by Crippen LogP contribution is -2.43. The first-order chi connectivity index (χ1) is 10.0. The topological polar surface area (TPSA) is 32.3 Å². The Morgan fingerprint density at radius 2 is 1.76 bits per heavy atom. The quantitative estimate of drug-likeness (QED) is 0.903. The average molecular weight is 288 g/mol. The molecule has 0 unspecified atom stereocenters. The largest absolute Gasteiger partial charge is 0.343 e. The van der Waals surface area contributed by atoms with E-state index in [1.165, 1.54) is 11.1 Å². The molecule has 0 spiro atoms. The summed E-state index contributed by atoms with van der Waals surface area (Å²) in [5.74, 6) is 0.912. The fourth-order valence-electron chi connectivity index (χ4n) is 2.93. The van der Waals surface area contributed by atoms with Gasteiger partial charge in [-0.25, -0.2) is 0 Å². The summed E-state index contributed by atoms with van der Waals surface area (Å²) < 4.78 is 0. The number of benzene rings is 1. The van der Waals surface area contributed by atoms with Crippen molar-refractivity contribution in [2.24, 2.45) is 5.92 Å². The lowest BCUT2D eigenvalue weighted by Gasteiger charge is -2.31. The van der Waals surface area contributed by atoms with Gasteiger partial charge in [0.2, 0.25) is 5.91 Å². The number of hydrogen-bond acceptors (Lipinski definition) is 2. The zero-order valence-corrected chi connectivity index (χ0v) is 13.6. The molecule has 1 amide bonds. The first kappa shape index (κ1) is 16.0. The van der Waals surface area contributed by atoms with Gasteiger partial charge >= 0.3 is 0 Å². The van der Waals surface area contributed by atoms with E-state index in [0.29, 0.717) is 12.0 Å². The first-order valence-corrected chi connectivity index (χ1v) is 8.11. The highest BCUT2D eigenvalue weighted by Crippen LogP contribution is 2.13. The summed E-state index contributed by atoms with van der Waals surface area (Å²) in [5.41, 5.74) is 2.76. The van der Waals surface area contributed by atoms with E-state index >= 15 is 0 Å². The Morgan fingerprint density at radius 1 is 1.19 bits per heavy atom. The standard InChI is InChI=1S/C18H28N2O/c1-14(2)12-16-4-6-17(7-5-16)13-19-18-8-10-20(11-9-18)15(3)21/h4-7,14,18-19H,8-13H2,1-3H3. The zero-order valence-electron chi connectivity index (χ0n) is 13.6. The Kier molecular flexibility index (Phi) is 5.80. The average Bonchev–Trinajstić information content (AvgIpc) is 2.46. The van der Waals surface area contributed by atoms with Crippen LogP contribution >= 0.6 is 0 Å². The molecule has 1 aliphatic heterocycles. The number of carbonyl (C=O) groups excluding carboxylic acids is 1. The van der Waals surface area contributed by atoms with Gasteiger partial charge in [-0.15, -0.1) is 0 Å². The van der Waals surface area contributed by atoms with Gasteiger partial charge in [0.1, 0.15) is 0 Å². The molecule has 21 heavy (non-hydrogen) atoms. The van der Waals surface area contributed by atoms with Gasteiger partial charge in [-0.2, -0.15) is 0 Å². The molecule has 1 fully saturated rings. The lowest BCUT2D eigenvalue weighted by molar-refractivity contribution is -0.129. The summed E-state index contributed by atoms with van der Waals surface area (Å²) in [6, 6.07) is 9.49. The maximum Gasteiger partial charge on any atom is 0.219 e. The fourth-order valence-corrected chi connectivity index (χ4v) is 2.93. The molecule has 0 atom stereocenters. The molecule has 1 aliphatic rings. The molecule has 3 nitrogen and oxygen atoms in total. The molecule has 1 N–H and O–H groups in total. The number of carbonyl (C=O) groups is 1. The number of hydrogen-bond donors (Lipinski definition) is 1. The van der Waals surface area contributed by atoms with E-state index in [-0.39, 0.29) is 5.91 Å². The van der Waals surface area contributed by atoms with Crippen molar-refractivity contribution in [2.45, 2.75) is 52.6 Å². The van der Waals surface area contributed by atoms with Gasteiger partial charge in [-0.05, 0) is 36.3 Å². The maximum absolute atomic E-state index is 11.3. The van der Waals surface area contributed by atoms with Gasteiger partial charge in [0.05, 0.1) is 0 Å². The highest BCUT2D eigenvalue weighted by atomic mass is 16.2. The van der Waals surface area contributed by atoms with E-state index in [0.717, 1.165) is 38.9 Å². The Morgan fingerprint density at radius 3 is 2.29 bits per heavy atom. The second-order valence-corrected chi connectivity index (χ2v) is 6.58. The summed E-state index contributed by atoms with van der Waals surface area (Å²) in [6.45, 7) is 8.87. The third kappa shape index (κ3) is 5.16. The van der Waals surface area contributed by atoms with Crippen LogP contribution in [0.25, 0.3) is 0 Å². The van der Waals surface area contributed by atoms with Gasteiger partial charge in [0.25, 0.3) is 0 Å². The Balaban J connectivity index is 1.75. The van der Waals surface area contributed by atoms with Crippen LogP contribution in [0.2, 0.25) is 0 Å². The van der Waals surface area contributed by atoms with E-state index in [9.17, 15) is 4.79 Å². The number of nitrogens with zero attached hydrogens (tertiary/aromatic N) is 1. The van der Waals surface area contributed by atoms with Crippen LogP contribution in [0.3, 0.4) is 0 Å². The Labute approximate surface area is 128 Å². The zero-order chi connectivity index (χ0) is 15.2. The number of likely N-dealkylation sites (tertiary alicyclic amines) is 1. The van der Waals surface area contributed by atoms with Crippen LogP contribution in [0.5, 0.6) is 0 Å². The Bertz CT molecular complexity index is 445. The van der Waals surface area contributed by atoms with Crippen molar-refractivity contribution in [1.29, 1.82) is 0 Å². The minimum atomic E-state index is 0.203. The van der Waals surface area contributed by atoms with Crippen molar-refractivity contribution in [3.05, 3.63) is 35.4 Å². The predicted molar refractivity (Wildman–Crippen MR) is 87.1 cm³/mol. The monoisotopic (exact) mass is 288 g/mol. The number of piperidine rings is 1. The van der Waals surface area contributed by atoms with E-state index in [2.05, 4.69) is 43.4 Å². The van der Waals surface area contributed by atoms with Gasteiger partial charge < -0.3 is 10.2 Å². The molecule has 116 valence electrons. The molecule has 3 heteroatoms. The molecule has 0 saturated carbocycles. The lowest BCUT2D eigenvalue weighted by atomic mass is 10.0. The van der Waals surface area contributed by atoms with Crippen LogP contribution in [-0.4, -0.2) is 29.9 Å². The third-order valence-corrected chi connectivity index (χ3v) is 4.20. The minimum Gasteiger partial charge on any atom is -0.343 e. The van der Waals surface area contributed by atoms with Crippen LogP contribution in [0.1, 0.15) is 44.7 Å². The molecule has 0 bridgehead atoms. The number of nitrogens with one attached hydrogen (secondary N) is 1. The van der Waals surface area contributed by atoms with E-state index in [1.807, 2.05) is 4.90 Å². The van der Waals surface area contributed by atoms with Gasteiger partial charge in [-0.3, -0.25) is 4.79 Å². The van der Waals surface area contributed by atoms with Crippen LogP contribution < -0.4 is 5.32 Å². The molecule has 1 heterocycles. The van der Waals surface area contributed by atoms with E-state index in [1.54, 1.807) is 6.92 Å². The maximum atomic E-state index is 11.3. The van der Waals surface area contributed by atoms with Gasteiger partial charge in [-0.1, -0.05) is 38.1 Å². The van der Waals surface area contributed by atoms with Crippen LogP contribution in [-0.2, 0) is 17.8 Å². The second-order valence-electron chi connectivity index (χ2n) is 6.58. The molecular weight excluding hydrogens is 260 g/mol. The molecule has 2 rings (SSSR count). The summed E-state index contributed by atoms with van der Waals surface area (Å²) in [7, 11) is 0. The molecule has 1 aromatic rings. The smallest absolute Gasteiger partial charge is 0.219 e. The molecule has 0 aliphatic carbocycles. The van der Waals surface area contributed by atoms with Crippen molar-refractivity contribution in [3.63, 3.8) is 0 Å². The van der Waals surface area contributed by atoms with E-state index in [4.69, 9.17) is 0 Å². The molecule has 0 aromatic heterocycles. The highest BCUT2D eigenvalue weighted by Gasteiger charge is 2.19. The third-order valence-electron chi connectivity index (χ3n) is 4.20. The van der Waals surface area contributed by atoms with Crippen LogP contribution in [0.4, 0.5) is 0 Å². The van der Waals surface area contributed by atoms with E-state index < -0.39 is 0 Å².